The topological polar surface area (TPSA) is 102 Å². The maximum Gasteiger partial charge on any atom is 0.344 e. The lowest BCUT2D eigenvalue weighted by molar-refractivity contribution is 0.0692. The first-order valence-electron chi connectivity index (χ1n) is 9.10. The molecular weight excluding hydrogens is 532 g/mol. The number of nitrogens with zero attached hydrogens (tertiary/aromatic N) is 3. The van der Waals surface area contributed by atoms with Gasteiger partial charge in [-0.1, -0.05) is 41.4 Å². The third kappa shape index (κ3) is 4.86. The van der Waals surface area contributed by atoms with Crippen molar-refractivity contribution in [2.45, 2.75) is 29.5 Å². The van der Waals surface area contributed by atoms with Crippen molar-refractivity contribution in [2.75, 3.05) is 0 Å². The Labute approximate surface area is 198 Å². The molecule has 2 heterocycles. The van der Waals surface area contributed by atoms with Gasteiger partial charge in [-0.25, -0.2) is 31.1 Å². The summed E-state index contributed by atoms with van der Waals surface area (Å²) in [5.74, 6) is -7.18. The van der Waals surface area contributed by atoms with Crippen LogP contribution in [0.25, 0.3) is 0 Å². The highest BCUT2D eigenvalue weighted by Gasteiger charge is 2.40. The number of benzene rings is 2. The lowest BCUT2D eigenvalue weighted by Crippen LogP contribution is -2.15. The number of aromatic carboxylic acids is 1. The van der Waals surface area contributed by atoms with E-state index in [0.717, 1.165) is 10.7 Å². The van der Waals surface area contributed by atoms with Gasteiger partial charge in [0.25, 0.3) is 15.0 Å². The number of hydrogen-bond donors (Lipinski definition) is 1. The molecule has 1 aromatic heterocycles. The van der Waals surface area contributed by atoms with Gasteiger partial charge in [-0.05, 0) is 18.2 Å². The molecule has 0 spiro atoms. The van der Waals surface area contributed by atoms with Gasteiger partial charge in [0.15, 0.2) is 17.8 Å². The van der Waals surface area contributed by atoms with E-state index in [4.69, 9.17) is 28.3 Å². The Morgan fingerprint density at radius 2 is 1.68 bits per heavy atom. The van der Waals surface area contributed by atoms with E-state index in [9.17, 15) is 35.2 Å². The second kappa shape index (κ2) is 9.84. The van der Waals surface area contributed by atoms with Crippen molar-refractivity contribution in [2.24, 2.45) is 0 Å². The number of hydrogen-bond acceptors (Lipinski definition) is 5. The minimum atomic E-state index is -5.06. The SMILES string of the molecule is O=C(O)c1cccc(Cl)c1F.O=S(=O)(c1nc2n(n1)[C@H](c1cccc(Cl)c1F)C[C@@H]2F)C(F)F. The molecule has 0 radical (unpaired) electrons. The molecule has 15 heteroatoms. The van der Waals surface area contributed by atoms with Crippen LogP contribution in [-0.2, 0) is 9.84 Å². The van der Waals surface area contributed by atoms with Gasteiger partial charge in [0.2, 0.25) is 0 Å². The molecule has 3 aromatic rings. The van der Waals surface area contributed by atoms with Crippen LogP contribution in [0, 0.1) is 11.6 Å². The largest absolute Gasteiger partial charge is 0.478 e. The molecule has 1 aliphatic heterocycles. The molecule has 4 rings (SSSR count). The monoisotopic (exact) mass is 543 g/mol. The molecule has 0 amide bonds. The normalized spacial score (nSPS) is 17.3. The number of carbonyl (C=O) groups is 1. The Hall–Kier alpha value is -2.77. The summed E-state index contributed by atoms with van der Waals surface area (Å²) in [7, 11) is -5.06. The molecule has 0 saturated heterocycles. The number of carboxylic acid groups (broad SMARTS) is 1. The number of sulfone groups is 1. The molecule has 2 atom stereocenters. The smallest absolute Gasteiger partial charge is 0.344 e. The van der Waals surface area contributed by atoms with Gasteiger partial charge in [-0.15, -0.1) is 5.10 Å². The van der Waals surface area contributed by atoms with Crippen LogP contribution in [0.5, 0.6) is 0 Å². The van der Waals surface area contributed by atoms with Gasteiger partial charge < -0.3 is 5.11 Å². The van der Waals surface area contributed by atoms with Crippen molar-refractivity contribution in [3.63, 3.8) is 0 Å². The summed E-state index contributed by atoms with van der Waals surface area (Å²) in [6.07, 6.45) is -2.01. The summed E-state index contributed by atoms with van der Waals surface area (Å²) < 4.78 is 89.6. The van der Waals surface area contributed by atoms with Crippen LogP contribution in [-0.4, -0.2) is 40.0 Å². The fraction of sp³-hybridized carbons (Fsp3) is 0.211. The molecule has 1 N–H and O–H groups in total. The summed E-state index contributed by atoms with van der Waals surface area (Å²) in [5, 5.41) is 10.3. The predicted molar refractivity (Wildman–Crippen MR) is 110 cm³/mol. The zero-order chi connectivity index (χ0) is 25.4. The van der Waals surface area contributed by atoms with Crippen LogP contribution in [0.4, 0.5) is 22.0 Å². The van der Waals surface area contributed by atoms with E-state index in [0.29, 0.717) is 0 Å². The molecule has 0 bridgehead atoms. The zero-order valence-corrected chi connectivity index (χ0v) is 18.8. The van der Waals surface area contributed by atoms with E-state index >= 15 is 0 Å². The van der Waals surface area contributed by atoms with Crippen LogP contribution in [0.3, 0.4) is 0 Å². The Bertz CT molecular complexity index is 1350. The molecule has 7 nitrogen and oxygen atoms in total. The fourth-order valence-electron chi connectivity index (χ4n) is 3.06. The standard InChI is InChI=1S/C12H8ClF4N3O2S.C7H4ClFO2/c13-6-3-1-2-5(9(6)15)8-4-7(14)10-18-12(19-20(8)10)23(21,22)11(16)17;8-5-3-1-2-4(6(5)9)7(10)11/h1-3,7-8,11H,4H2;1-3H,(H,10,11)/t7-,8-;/m0./s1. The molecular formula is C19H12Cl2F5N3O4S. The van der Waals surface area contributed by atoms with Gasteiger partial charge in [0.05, 0.1) is 21.7 Å². The zero-order valence-electron chi connectivity index (χ0n) is 16.5. The molecule has 0 saturated carbocycles. The van der Waals surface area contributed by atoms with Crippen molar-refractivity contribution < 1.29 is 40.3 Å². The lowest BCUT2D eigenvalue weighted by Gasteiger charge is -2.13. The number of halogens is 7. The number of alkyl halides is 3. The average Bonchev–Trinajstić information content (AvgIpc) is 3.33. The van der Waals surface area contributed by atoms with E-state index in [1.54, 1.807) is 0 Å². The van der Waals surface area contributed by atoms with Gasteiger partial charge in [0, 0.05) is 12.0 Å². The van der Waals surface area contributed by atoms with Gasteiger partial charge in [0.1, 0.15) is 5.82 Å². The third-order valence-electron chi connectivity index (χ3n) is 4.66. The molecule has 0 aliphatic carbocycles. The molecule has 34 heavy (non-hydrogen) atoms. The minimum absolute atomic E-state index is 0.0233. The third-order valence-corrected chi connectivity index (χ3v) is 6.39. The number of carboxylic acids is 1. The number of rotatable bonds is 4. The number of aromatic nitrogens is 3. The highest BCUT2D eigenvalue weighted by molar-refractivity contribution is 7.91. The molecule has 0 fully saturated rings. The first-order chi connectivity index (χ1) is 15.9. The molecule has 0 unspecified atom stereocenters. The minimum Gasteiger partial charge on any atom is -0.478 e. The average molecular weight is 544 g/mol. The Morgan fingerprint density at radius 1 is 1.09 bits per heavy atom. The second-order valence-electron chi connectivity index (χ2n) is 6.77. The van der Waals surface area contributed by atoms with Crippen LogP contribution in [0.2, 0.25) is 10.0 Å². The Morgan fingerprint density at radius 3 is 2.24 bits per heavy atom. The van der Waals surface area contributed by atoms with Crippen molar-refractivity contribution in [1.29, 1.82) is 0 Å². The van der Waals surface area contributed by atoms with Crippen LogP contribution in [0.15, 0.2) is 41.6 Å². The maximum atomic E-state index is 14.1. The summed E-state index contributed by atoms with van der Waals surface area (Å²) in [6.45, 7) is 0. The van der Waals surface area contributed by atoms with E-state index in [1.165, 1.54) is 30.3 Å². The quantitative estimate of drug-likeness (QED) is 0.451. The maximum absolute atomic E-state index is 14.1. The van der Waals surface area contributed by atoms with Crippen LogP contribution >= 0.6 is 23.2 Å². The number of fused-ring (bicyclic) bond motifs is 1. The van der Waals surface area contributed by atoms with Crippen molar-refractivity contribution in [3.8, 4) is 0 Å². The fourth-order valence-corrected chi connectivity index (χ4v) is 4.00. The summed E-state index contributed by atoms with van der Waals surface area (Å²) in [4.78, 5) is 13.6. The molecule has 2 aromatic carbocycles. The first-order valence-corrected chi connectivity index (χ1v) is 11.4. The van der Waals surface area contributed by atoms with Crippen LogP contribution in [0.1, 0.15) is 40.4 Å². The van der Waals surface area contributed by atoms with Crippen molar-refractivity contribution in [1.82, 2.24) is 14.8 Å². The molecule has 1 aliphatic rings. The Balaban J connectivity index is 0.000000248. The van der Waals surface area contributed by atoms with E-state index in [2.05, 4.69) is 10.1 Å². The Kier molecular flexibility index (Phi) is 7.48. The second-order valence-corrected chi connectivity index (χ2v) is 9.40. The summed E-state index contributed by atoms with van der Waals surface area (Å²) >= 11 is 11.0. The van der Waals surface area contributed by atoms with E-state index < -0.39 is 62.0 Å². The first kappa shape index (κ1) is 25.8. The van der Waals surface area contributed by atoms with E-state index in [-0.39, 0.29) is 22.0 Å². The molecule has 182 valence electrons. The van der Waals surface area contributed by atoms with Crippen LogP contribution < -0.4 is 0 Å². The van der Waals surface area contributed by atoms with Gasteiger partial charge in [-0.3, -0.25) is 0 Å². The summed E-state index contributed by atoms with van der Waals surface area (Å²) in [5.41, 5.74) is -0.428. The highest BCUT2D eigenvalue weighted by Crippen LogP contribution is 2.41. The van der Waals surface area contributed by atoms with Gasteiger partial charge >= 0.3 is 11.7 Å². The van der Waals surface area contributed by atoms with Gasteiger partial charge in [-0.2, -0.15) is 13.8 Å². The summed E-state index contributed by atoms with van der Waals surface area (Å²) in [6, 6.07) is 6.86. The van der Waals surface area contributed by atoms with Crippen molar-refractivity contribution in [3.05, 3.63) is 75.0 Å². The highest BCUT2D eigenvalue weighted by atomic mass is 35.5. The van der Waals surface area contributed by atoms with E-state index in [1.807, 2.05) is 0 Å². The van der Waals surface area contributed by atoms with Crippen molar-refractivity contribution >= 4 is 39.0 Å². The lowest BCUT2D eigenvalue weighted by atomic mass is 10.0. The predicted octanol–water partition coefficient (Wildman–Crippen LogP) is 5.25.